The second-order valence-corrected chi connectivity index (χ2v) is 5.40. The van der Waals surface area contributed by atoms with Gasteiger partial charge in [-0.05, 0) is 25.0 Å². The number of halogens is 1. The lowest BCUT2D eigenvalue weighted by Crippen LogP contribution is -2.46. The number of amides is 1. The van der Waals surface area contributed by atoms with Crippen LogP contribution in [-0.2, 0) is 16.1 Å². The first-order chi connectivity index (χ1) is 8.44. The van der Waals surface area contributed by atoms with E-state index in [1.165, 1.54) is 0 Å². The lowest BCUT2D eigenvalue weighted by Gasteiger charge is -2.30. The minimum Gasteiger partial charge on any atom is -0.369 e. The van der Waals surface area contributed by atoms with E-state index in [0.717, 1.165) is 10.0 Å². The van der Waals surface area contributed by atoms with Crippen LogP contribution < -0.4 is 0 Å². The van der Waals surface area contributed by atoms with Crippen molar-refractivity contribution in [3.05, 3.63) is 34.3 Å². The third-order valence-corrected chi connectivity index (χ3v) is 4.06. The molecular formula is C14H20BrNO2. The van der Waals surface area contributed by atoms with Crippen LogP contribution in [0.25, 0.3) is 0 Å². The standard InChI is InChI=1S/C14H20BrNO2/c1-5-14(2,18-4)13(17)16(3)10-11-8-6-7-9-12(11)15/h6-9H,5,10H2,1-4H3. The minimum atomic E-state index is -0.740. The molecule has 0 bridgehead atoms. The fourth-order valence-electron chi connectivity index (χ4n) is 1.74. The Bertz CT molecular complexity index is 416. The third-order valence-electron chi connectivity index (χ3n) is 3.29. The van der Waals surface area contributed by atoms with Gasteiger partial charge in [0, 0.05) is 25.2 Å². The number of carbonyl (C=O) groups is 1. The van der Waals surface area contributed by atoms with E-state index in [-0.39, 0.29) is 5.91 Å². The van der Waals surface area contributed by atoms with Crippen LogP contribution in [0.15, 0.2) is 28.7 Å². The highest BCUT2D eigenvalue weighted by atomic mass is 79.9. The van der Waals surface area contributed by atoms with E-state index in [4.69, 9.17) is 4.74 Å². The van der Waals surface area contributed by atoms with Gasteiger partial charge in [-0.3, -0.25) is 4.79 Å². The molecule has 1 aromatic carbocycles. The van der Waals surface area contributed by atoms with Crippen molar-refractivity contribution in [3.8, 4) is 0 Å². The van der Waals surface area contributed by atoms with Crippen LogP contribution >= 0.6 is 15.9 Å². The maximum Gasteiger partial charge on any atom is 0.254 e. The van der Waals surface area contributed by atoms with Gasteiger partial charge < -0.3 is 9.64 Å². The van der Waals surface area contributed by atoms with Crippen LogP contribution in [0.3, 0.4) is 0 Å². The highest BCUT2D eigenvalue weighted by Gasteiger charge is 2.33. The largest absolute Gasteiger partial charge is 0.369 e. The Morgan fingerprint density at radius 3 is 2.56 bits per heavy atom. The predicted molar refractivity (Wildman–Crippen MR) is 76.3 cm³/mol. The van der Waals surface area contributed by atoms with Crippen molar-refractivity contribution < 1.29 is 9.53 Å². The van der Waals surface area contributed by atoms with Gasteiger partial charge in [-0.2, -0.15) is 0 Å². The van der Waals surface area contributed by atoms with Crippen molar-refractivity contribution in [2.24, 2.45) is 0 Å². The lowest BCUT2D eigenvalue weighted by atomic mass is 10.0. The smallest absolute Gasteiger partial charge is 0.254 e. The maximum atomic E-state index is 12.3. The van der Waals surface area contributed by atoms with Gasteiger partial charge in [0.25, 0.3) is 5.91 Å². The Balaban J connectivity index is 2.80. The molecule has 1 amide bonds. The summed E-state index contributed by atoms with van der Waals surface area (Å²) in [7, 11) is 3.38. The number of nitrogens with zero attached hydrogens (tertiary/aromatic N) is 1. The molecule has 0 aliphatic rings. The van der Waals surface area contributed by atoms with Crippen LogP contribution in [0.2, 0.25) is 0 Å². The number of methoxy groups -OCH3 is 1. The molecule has 0 N–H and O–H groups in total. The van der Waals surface area contributed by atoms with Gasteiger partial charge in [0.1, 0.15) is 5.60 Å². The fraction of sp³-hybridized carbons (Fsp3) is 0.500. The zero-order chi connectivity index (χ0) is 13.8. The number of ether oxygens (including phenoxy) is 1. The Hall–Kier alpha value is -0.870. The number of likely N-dealkylation sites (N-methyl/N-ethyl adjacent to an activating group) is 1. The molecule has 0 radical (unpaired) electrons. The van der Waals surface area contributed by atoms with Crippen molar-refractivity contribution in [1.82, 2.24) is 4.90 Å². The molecule has 1 atom stereocenters. The van der Waals surface area contributed by atoms with Gasteiger partial charge in [-0.1, -0.05) is 41.1 Å². The summed E-state index contributed by atoms with van der Waals surface area (Å²) in [5.41, 5.74) is 0.346. The second kappa shape index (κ2) is 6.34. The average molecular weight is 314 g/mol. The van der Waals surface area contributed by atoms with Gasteiger partial charge in [0.05, 0.1) is 0 Å². The predicted octanol–water partition coefficient (Wildman–Crippen LogP) is 3.22. The van der Waals surface area contributed by atoms with Crippen LogP contribution in [0.5, 0.6) is 0 Å². The third kappa shape index (κ3) is 3.33. The second-order valence-electron chi connectivity index (χ2n) is 4.54. The number of hydrogen-bond acceptors (Lipinski definition) is 2. The highest BCUT2D eigenvalue weighted by Crippen LogP contribution is 2.21. The van der Waals surface area contributed by atoms with Crippen LogP contribution in [-0.4, -0.2) is 30.6 Å². The van der Waals surface area contributed by atoms with Crippen LogP contribution in [0, 0.1) is 0 Å². The zero-order valence-corrected chi connectivity index (χ0v) is 13.0. The summed E-state index contributed by atoms with van der Waals surface area (Å²) in [6.07, 6.45) is 0.655. The number of hydrogen-bond donors (Lipinski definition) is 0. The lowest BCUT2D eigenvalue weighted by molar-refractivity contribution is -0.152. The Morgan fingerprint density at radius 1 is 1.44 bits per heavy atom. The summed E-state index contributed by atoms with van der Waals surface area (Å²) in [4.78, 5) is 14.0. The molecule has 0 fully saturated rings. The molecule has 100 valence electrons. The monoisotopic (exact) mass is 313 g/mol. The van der Waals surface area contributed by atoms with E-state index in [9.17, 15) is 4.79 Å². The topological polar surface area (TPSA) is 29.5 Å². The molecule has 4 heteroatoms. The van der Waals surface area contributed by atoms with Crippen LogP contribution in [0.4, 0.5) is 0 Å². The SMILES string of the molecule is CCC(C)(OC)C(=O)N(C)Cc1ccccc1Br. The van der Waals surface area contributed by atoms with E-state index in [0.29, 0.717) is 13.0 Å². The van der Waals surface area contributed by atoms with Crippen molar-refractivity contribution >= 4 is 21.8 Å². The van der Waals surface area contributed by atoms with E-state index in [1.807, 2.05) is 38.1 Å². The molecule has 0 heterocycles. The van der Waals surface area contributed by atoms with Crippen molar-refractivity contribution in [2.75, 3.05) is 14.2 Å². The number of benzene rings is 1. The molecular weight excluding hydrogens is 294 g/mol. The van der Waals surface area contributed by atoms with Gasteiger partial charge >= 0.3 is 0 Å². The minimum absolute atomic E-state index is 0.00301. The van der Waals surface area contributed by atoms with E-state index >= 15 is 0 Å². The number of rotatable bonds is 5. The molecule has 18 heavy (non-hydrogen) atoms. The molecule has 1 rings (SSSR count). The van der Waals surface area contributed by atoms with Gasteiger partial charge in [-0.25, -0.2) is 0 Å². The molecule has 1 unspecified atom stereocenters. The van der Waals surface area contributed by atoms with E-state index in [1.54, 1.807) is 19.1 Å². The first kappa shape index (κ1) is 15.2. The highest BCUT2D eigenvalue weighted by molar-refractivity contribution is 9.10. The van der Waals surface area contributed by atoms with Crippen molar-refractivity contribution in [1.29, 1.82) is 0 Å². The first-order valence-electron chi connectivity index (χ1n) is 5.98. The molecule has 0 aromatic heterocycles. The summed E-state index contributed by atoms with van der Waals surface area (Å²) in [6, 6.07) is 7.90. The number of carbonyl (C=O) groups excluding carboxylic acids is 1. The molecule has 3 nitrogen and oxygen atoms in total. The zero-order valence-electron chi connectivity index (χ0n) is 11.4. The summed E-state index contributed by atoms with van der Waals surface area (Å²) in [5.74, 6) is 0.00301. The molecule has 0 aliphatic heterocycles. The van der Waals surface area contributed by atoms with Gasteiger partial charge in [0.2, 0.25) is 0 Å². The van der Waals surface area contributed by atoms with Crippen LogP contribution in [0.1, 0.15) is 25.8 Å². The fourth-order valence-corrected chi connectivity index (χ4v) is 2.15. The normalized spacial score (nSPS) is 14.1. The molecule has 0 saturated heterocycles. The molecule has 0 aliphatic carbocycles. The average Bonchev–Trinajstić information content (AvgIpc) is 2.39. The molecule has 0 saturated carbocycles. The van der Waals surface area contributed by atoms with Gasteiger partial charge in [-0.15, -0.1) is 0 Å². The quantitative estimate of drug-likeness (QED) is 0.835. The Morgan fingerprint density at radius 2 is 2.06 bits per heavy atom. The Kier molecular flexibility index (Phi) is 5.35. The summed E-state index contributed by atoms with van der Waals surface area (Å²) < 4.78 is 6.35. The van der Waals surface area contributed by atoms with E-state index < -0.39 is 5.60 Å². The van der Waals surface area contributed by atoms with E-state index in [2.05, 4.69) is 15.9 Å². The molecule has 1 aromatic rings. The van der Waals surface area contributed by atoms with Crippen molar-refractivity contribution in [2.45, 2.75) is 32.4 Å². The maximum absolute atomic E-state index is 12.3. The summed E-state index contributed by atoms with van der Waals surface area (Å²) in [6.45, 7) is 4.35. The molecule has 0 spiro atoms. The first-order valence-corrected chi connectivity index (χ1v) is 6.78. The van der Waals surface area contributed by atoms with Gasteiger partial charge in [0.15, 0.2) is 0 Å². The summed E-state index contributed by atoms with van der Waals surface area (Å²) in [5, 5.41) is 0. The Labute approximate surface area is 117 Å². The summed E-state index contributed by atoms with van der Waals surface area (Å²) >= 11 is 3.49. The van der Waals surface area contributed by atoms with Crippen molar-refractivity contribution in [3.63, 3.8) is 0 Å².